The Balaban J connectivity index is 2.31. The molecule has 1 aromatic heterocycles. The maximum absolute atomic E-state index is 12.5. The first kappa shape index (κ1) is 24.4. The number of nitrogens with one attached hydrogen (secondary N) is 2. The van der Waals surface area contributed by atoms with Gasteiger partial charge in [-0.05, 0) is 48.3 Å². The topological polar surface area (TPSA) is 120 Å². The highest BCUT2D eigenvalue weighted by atomic mass is 16.2. The van der Waals surface area contributed by atoms with Crippen LogP contribution in [0.5, 0.6) is 0 Å². The molecule has 8 heteroatoms. The van der Waals surface area contributed by atoms with Crippen LogP contribution in [0.3, 0.4) is 0 Å². The van der Waals surface area contributed by atoms with Gasteiger partial charge < -0.3 is 10.6 Å². The van der Waals surface area contributed by atoms with E-state index in [-0.39, 0.29) is 29.7 Å². The van der Waals surface area contributed by atoms with E-state index in [1.807, 2.05) is 0 Å². The lowest BCUT2D eigenvalue weighted by molar-refractivity contribution is -0.128. The Bertz CT molecular complexity index is 703. The van der Waals surface area contributed by atoms with Gasteiger partial charge in [0, 0.05) is 35.8 Å². The molecule has 0 aromatic carbocycles. The molecule has 1 unspecified atom stereocenters. The smallest absolute Gasteiger partial charge is 0.252 e. The van der Waals surface area contributed by atoms with Crippen molar-refractivity contribution < 1.29 is 9.59 Å². The fourth-order valence-electron chi connectivity index (χ4n) is 2.97. The molecule has 2 N–H and O–H groups in total. The summed E-state index contributed by atoms with van der Waals surface area (Å²) in [5.41, 5.74) is 9.31. The molecular weight excluding hydrogens is 368 g/mol. The Morgan fingerprint density at radius 3 is 2.34 bits per heavy atom. The van der Waals surface area contributed by atoms with Gasteiger partial charge in [-0.25, -0.2) is 0 Å². The van der Waals surface area contributed by atoms with E-state index in [9.17, 15) is 9.59 Å². The Hall–Kier alpha value is -2.60. The summed E-state index contributed by atoms with van der Waals surface area (Å²) >= 11 is 0. The summed E-state index contributed by atoms with van der Waals surface area (Å²) in [4.78, 5) is 31.4. The zero-order valence-corrected chi connectivity index (χ0v) is 18.2. The van der Waals surface area contributed by atoms with Gasteiger partial charge in [0.2, 0.25) is 5.91 Å². The van der Waals surface area contributed by atoms with E-state index in [0.717, 1.165) is 19.3 Å². The van der Waals surface area contributed by atoms with Gasteiger partial charge >= 0.3 is 0 Å². The Labute approximate surface area is 173 Å². The van der Waals surface area contributed by atoms with Crippen molar-refractivity contribution in [3.05, 3.63) is 40.0 Å². The second-order valence-corrected chi connectivity index (χ2v) is 8.73. The van der Waals surface area contributed by atoms with E-state index >= 15 is 0 Å². The van der Waals surface area contributed by atoms with Crippen LogP contribution in [0.15, 0.2) is 23.4 Å². The third-order valence-electron chi connectivity index (χ3n) is 4.64. The third kappa shape index (κ3) is 9.43. The molecule has 1 aromatic rings. The number of azide groups is 1. The van der Waals surface area contributed by atoms with Gasteiger partial charge in [-0.2, -0.15) is 0 Å². The number of rotatable bonds is 11. The fourth-order valence-corrected chi connectivity index (χ4v) is 2.97. The van der Waals surface area contributed by atoms with Gasteiger partial charge in [0.15, 0.2) is 0 Å². The molecule has 0 aliphatic carbocycles. The largest absolute Gasteiger partial charge is 0.356 e. The van der Waals surface area contributed by atoms with E-state index in [2.05, 4.69) is 60.3 Å². The first-order chi connectivity index (χ1) is 13.6. The molecule has 0 radical (unpaired) electrons. The highest BCUT2D eigenvalue weighted by Gasteiger charge is 2.31. The van der Waals surface area contributed by atoms with Gasteiger partial charge in [0.05, 0.1) is 12.1 Å². The van der Waals surface area contributed by atoms with Crippen molar-refractivity contribution in [3.63, 3.8) is 0 Å². The van der Waals surface area contributed by atoms with Crippen molar-refractivity contribution in [1.82, 2.24) is 15.6 Å². The lowest BCUT2D eigenvalue weighted by Crippen LogP contribution is -2.39. The van der Waals surface area contributed by atoms with Crippen LogP contribution in [0.2, 0.25) is 0 Å². The van der Waals surface area contributed by atoms with Crippen LogP contribution >= 0.6 is 0 Å². The normalized spacial score (nSPS) is 12.2. The van der Waals surface area contributed by atoms with Crippen molar-refractivity contribution in [2.75, 3.05) is 13.1 Å². The molecule has 160 valence electrons. The van der Waals surface area contributed by atoms with Gasteiger partial charge in [-0.1, -0.05) is 39.7 Å². The van der Waals surface area contributed by atoms with Crippen molar-refractivity contribution in [1.29, 1.82) is 0 Å². The minimum absolute atomic E-state index is 0.00322. The number of aromatic nitrogens is 1. The fraction of sp³-hybridized carbons (Fsp3) is 0.667. The molecule has 8 nitrogen and oxygen atoms in total. The van der Waals surface area contributed by atoms with Crippen LogP contribution in [-0.4, -0.2) is 29.9 Å². The summed E-state index contributed by atoms with van der Waals surface area (Å²) in [6, 6.07) is 3.33. The first-order valence-electron chi connectivity index (χ1n) is 10.2. The maximum atomic E-state index is 12.5. The van der Waals surface area contributed by atoms with Gasteiger partial charge in [-0.3, -0.25) is 14.6 Å². The van der Waals surface area contributed by atoms with Crippen molar-refractivity contribution in [2.45, 2.75) is 60.4 Å². The molecule has 2 amide bonds. The van der Waals surface area contributed by atoms with Crippen LogP contribution in [0, 0.1) is 17.3 Å². The molecule has 0 fully saturated rings. The van der Waals surface area contributed by atoms with Gasteiger partial charge in [-0.15, -0.1) is 0 Å². The Morgan fingerprint density at radius 2 is 1.83 bits per heavy atom. The van der Waals surface area contributed by atoms with Crippen LogP contribution in [0.4, 0.5) is 0 Å². The minimum atomic E-state index is -0.193. The molecule has 0 saturated heterocycles. The molecule has 0 spiro atoms. The number of nitrogens with zero attached hydrogens (tertiary/aromatic N) is 4. The van der Waals surface area contributed by atoms with Crippen LogP contribution in [-0.2, 0) is 11.3 Å². The summed E-state index contributed by atoms with van der Waals surface area (Å²) in [5, 5.41) is 9.32. The molecule has 0 saturated carbocycles. The number of carbonyl (C=O) groups is 2. The standard InChI is InChI=1S/C21H34N6O2/c1-15(2)12-18(21(3,4)5)20(29)24-11-7-6-10-23-19(28)16-8-9-17(25-13-16)14-26-27-22/h8-9,13,15,18H,6-7,10-12,14H2,1-5H3,(H,23,28)(H,24,29). The molecule has 0 aliphatic rings. The van der Waals surface area contributed by atoms with E-state index in [0.29, 0.717) is 30.3 Å². The monoisotopic (exact) mass is 402 g/mol. The minimum Gasteiger partial charge on any atom is -0.356 e. The van der Waals surface area contributed by atoms with Gasteiger partial charge in [0.25, 0.3) is 5.91 Å². The lowest BCUT2D eigenvalue weighted by Gasteiger charge is -2.31. The van der Waals surface area contributed by atoms with E-state index < -0.39 is 0 Å². The lowest BCUT2D eigenvalue weighted by atomic mass is 9.76. The van der Waals surface area contributed by atoms with Crippen LogP contribution < -0.4 is 10.6 Å². The summed E-state index contributed by atoms with van der Waals surface area (Å²) in [7, 11) is 0. The van der Waals surface area contributed by atoms with Crippen LogP contribution in [0.25, 0.3) is 10.4 Å². The highest BCUT2D eigenvalue weighted by Crippen LogP contribution is 2.31. The second kappa shape index (κ2) is 12.1. The predicted molar refractivity (Wildman–Crippen MR) is 114 cm³/mol. The zero-order valence-electron chi connectivity index (χ0n) is 18.2. The number of hydrogen-bond donors (Lipinski definition) is 2. The van der Waals surface area contributed by atoms with E-state index in [1.165, 1.54) is 6.20 Å². The van der Waals surface area contributed by atoms with E-state index in [1.54, 1.807) is 12.1 Å². The van der Waals surface area contributed by atoms with Gasteiger partial charge in [0.1, 0.15) is 0 Å². The molecule has 0 aliphatic heterocycles. The summed E-state index contributed by atoms with van der Waals surface area (Å²) in [6.45, 7) is 11.9. The number of carbonyl (C=O) groups excluding carboxylic acids is 2. The summed E-state index contributed by atoms with van der Waals surface area (Å²) < 4.78 is 0. The molecule has 1 rings (SSSR count). The highest BCUT2D eigenvalue weighted by molar-refractivity contribution is 5.93. The average Bonchev–Trinajstić information content (AvgIpc) is 2.66. The molecular formula is C21H34N6O2. The first-order valence-corrected chi connectivity index (χ1v) is 10.2. The molecule has 0 bridgehead atoms. The summed E-state index contributed by atoms with van der Waals surface area (Å²) in [5.74, 6) is 0.392. The van der Waals surface area contributed by atoms with Crippen molar-refractivity contribution >= 4 is 11.8 Å². The van der Waals surface area contributed by atoms with Crippen molar-refractivity contribution in [3.8, 4) is 0 Å². The number of pyridine rings is 1. The summed E-state index contributed by atoms with van der Waals surface area (Å²) in [6.07, 6.45) is 3.92. The Morgan fingerprint density at radius 1 is 1.17 bits per heavy atom. The molecule has 1 atom stereocenters. The Kier molecular flexibility index (Phi) is 10.2. The number of hydrogen-bond acceptors (Lipinski definition) is 4. The number of amides is 2. The quantitative estimate of drug-likeness (QED) is 0.249. The predicted octanol–water partition coefficient (Wildman–Crippen LogP) is 4.23. The number of unbranched alkanes of at least 4 members (excludes halogenated alkanes) is 1. The SMILES string of the molecule is CC(C)CC(C(=O)NCCCCNC(=O)c1ccc(CN=[N+]=[N-])nc1)C(C)(C)C. The second-order valence-electron chi connectivity index (χ2n) is 8.73. The van der Waals surface area contributed by atoms with Crippen molar-refractivity contribution in [2.24, 2.45) is 22.4 Å². The molecule has 29 heavy (non-hydrogen) atoms. The van der Waals surface area contributed by atoms with E-state index in [4.69, 9.17) is 5.53 Å². The average molecular weight is 403 g/mol. The zero-order chi connectivity index (χ0) is 21.9. The van der Waals surface area contributed by atoms with Crippen LogP contribution in [0.1, 0.15) is 69.9 Å². The third-order valence-corrected chi connectivity index (χ3v) is 4.64. The maximum Gasteiger partial charge on any atom is 0.252 e. The molecule has 1 heterocycles.